The highest BCUT2D eigenvalue weighted by Crippen LogP contribution is 2.15. The predicted octanol–water partition coefficient (Wildman–Crippen LogP) is 0.999. The average Bonchev–Trinajstić information content (AvgIpc) is 2.17. The first-order valence-electron chi connectivity index (χ1n) is 4.34. The van der Waals surface area contributed by atoms with Crippen LogP contribution in [-0.4, -0.2) is 26.2 Å². The highest BCUT2D eigenvalue weighted by Gasteiger charge is 2.16. The molecule has 4 nitrogen and oxygen atoms in total. The summed E-state index contributed by atoms with van der Waals surface area (Å²) in [6, 6.07) is 5.43. The van der Waals surface area contributed by atoms with Crippen LogP contribution < -0.4 is 4.72 Å². The zero-order valence-electron chi connectivity index (χ0n) is 8.14. The second-order valence-electron chi connectivity index (χ2n) is 3.16. The largest absolute Gasteiger partial charge is 0.395 e. The van der Waals surface area contributed by atoms with Gasteiger partial charge in [0.15, 0.2) is 0 Å². The van der Waals surface area contributed by atoms with Crippen LogP contribution in [0.3, 0.4) is 0 Å². The van der Waals surface area contributed by atoms with E-state index in [4.69, 9.17) is 16.7 Å². The van der Waals surface area contributed by atoms with E-state index < -0.39 is 16.1 Å². The van der Waals surface area contributed by atoms with Crippen LogP contribution in [0.2, 0.25) is 5.02 Å². The van der Waals surface area contributed by atoms with Crippen molar-refractivity contribution in [3.63, 3.8) is 0 Å². The molecule has 1 atom stereocenters. The number of hydrogen-bond donors (Lipinski definition) is 2. The van der Waals surface area contributed by atoms with Gasteiger partial charge in [-0.25, -0.2) is 13.1 Å². The Morgan fingerprint density at radius 2 is 2.20 bits per heavy atom. The van der Waals surface area contributed by atoms with Gasteiger partial charge in [0.05, 0.1) is 11.5 Å². The molecular weight excluding hydrogens is 238 g/mol. The van der Waals surface area contributed by atoms with E-state index >= 15 is 0 Å². The van der Waals surface area contributed by atoms with Crippen LogP contribution in [0.15, 0.2) is 29.2 Å². The summed E-state index contributed by atoms with van der Waals surface area (Å²) in [5.41, 5.74) is 0. The van der Waals surface area contributed by atoms with Crippen LogP contribution in [0.1, 0.15) is 6.92 Å². The SMILES string of the molecule is CC(CO)NS(=O)(=O)c1cccc(Cl)c1. The van der Waals surface area contributed by atoms with E-state index in [2.05, 4.69) is 4.72 Å². The zero-order valence-corrected chi connectivity index (χ0v) is 9.72. The van der Waals surface area contributed by atoms with Crippen molar-refractivity contribution in [3.8, 4) is 0 Å². The van der Waals surface area contributed by atoms with E-state index in [1.165, 1.54) is 12.1 Å². The minimum Gasteiger partial charge on any atom is -0.395 e. The molecule has 0 bridgehead atoms. The summed E-state index contributed by atoms with van der Waals surface area (Å²) in [6.07, 6.45) is 0. The van der Waals surface area contributed by atoms with Crippen molar-refractivity contribution in [1.29, 1.82) is 0 Å². The smallest absolute Gasteiger partial charge is 0.240 e. The molecule has 15 heavy (non-hydrogen) atoms. The second kappa shape index (κ2) is 4.94. The van der Waals surface area contributed by atoms with Crippen LogP contribution in [0.4, 0.5) is 0 Å². The van der Waals surface area contributed by atoms with Gasteiger partial charge in [0.25, 0.3) is 0 Å². The highest BCUT2D eigenvalue weighted by atomic mass is 35.5. The van der Waals surface area contributed by atoms with Gasteiger partial charge in [-0.1, -0.05) is 17.7 Å². The Kier molecular flexibility index (Phi) is 4.10. The molecule has 0 aliphatic carbocycles. The maximum atomic E-state index is 11.7. The van der Waals surface area contributed by atoms with Gasteiger partial charge in [0, 0.05) is 11.1 Å². The van der Waals surface area contributed by atoms with Crippen molar-refractivity contribution in [2.45, 2.75) is 17.9 Å². The lowest BCUT2D eigenvalue weighted by molar-refractivity contribution is 0.265. The molecule has 2 N–H and O–H groups in total. The number of halogens is 1. The minimum absolute atomic E-state index is 0.0929. The lowest BCUT2D eigenvalue weighted by Gasteiger charge is -2.11. The lowest BCUT2D eigenvalue weighted by atomic mass is 10.4. The van der Waals surface area contributed by atoms with E-state index in [9.17, 15) is 8.42 Å². The number of hydrogen-bond acceptors (Lipinski definition) is 3. The van der Waals surface area contributed by atoms with Gasteiger partial charge < -0.3 is 5.11 Å². The average molecular weight is 250 g/mol. The fraction of sp³-hybridized carbons (Fsp3) is 0.333. The third-order valence-electron chi connectivity index (χ3n) is 1.74. The fourth-order valence-electron chi connectivity index (χ4n) is 1.00. The van der Waals surface area contributed by atoms with Gasteiger partial charge in [-0.2, -0.15) is 0 Å². The Bertz CT molecular complexity index is 433. The van der Waals surface area contributed by atoms with Gasteiger partial charge >= 0.3 is 0 Å². The topological polar surface area (TPSA) is 66.4 Å². The Morgan fingerprint density at radius 3 is 2.73 bits per heavy atom. The molecule has 1 aromatic rings. The Morgan fingerprint density at radius 1 is 1.53 bits per heavy atom. The number of benzene rings is 1. The molecule has 0 aromatic heterocycles. The Labute approximate surface area is 93.9 Å². The van der Waals surface area contributed by atoms with Crippen molar-refractivity contribution in [2.24, 2.45) is 0 Å². The molecule has 0 aliphatic heterocycles. The van der Waals surface area contributed by atoms with E-state index in [0.29, 0.717) is 5.02 Å². The first-order valence-corrected chi connectivity index (χ1v) is 6.20. The Balaban J connectivity index is 2.96. The van der Waals surface area contributed by atoms with Gasteiger partial charge in [-0.3, -0.25) is 0 Å². The molecule has 0 radical (unpaired) electrons. The summed E-state index contributed by atoms with van der Waals surface area (Å²) >= 11 is 5.68. The van der Waals surface area contributed by atoms with Gasteiger partial charge in [0.2, 0.25) is 10.0 Å². The summed E-state index contributed by atoms with van der Waals surface area (Å²) in [5.74, 6) is 0. The third kappa shape index (κ3) is 3.46. The first kappa shape index (κ1) is 12.4. The van der Waals surface area contributed by atoms with E-state index in [0.717, 1.165) is 0 Å². The first-order chi connectivity index (χ1) is 6.95. The summed E-state index contributed by atoms with van der Waals surface area (Å²) in [6.45, 7) is 1.32. The fourth-order valence-corrected chi connectivity index (χ4v) is 2.54. The number of nitrogens with one attached hydrogen (secondary N) is 1. The molecule has 0 heterocycles. The summed E-state index contributed by atoms with van der Waals surface area (Å²) in [7, 11) is -3.59. The van der Waals surface area contributed by atoms with E-state index in [1.54, 1.807) is 19.1 Å². The normalized spacial score (nSPS) is 13.8. The number of sulfonamides is 1. The molecule has 0 saturated carbocycles. The van der Waals surface area contributed by atoms with Gasteiger partial charge in [-0.15, -0.1) is 0 Å². The molecule has 1 rings (SSSR count). The molecule has 0 fully saturated rings. The number of aliphatic hydroxyl groups excluding tert-OH is 1. The third-order valence-corrected chi connectivity index (χ3v) is 3.56. The highest BCUT2D eigenvalue weighted by molar-refractivity contribution is 7.89. The van der Waals surface area contributed by atoms with Gasteiger partial charge in [-0.05, 0) is 25.1 Å². The zero-order chi connectivity index (χ0) is 11.5. The molecule has 1 aromatic carbocycles. The van der Waals surface area contributed by atoms with Crippen molar-refractivity contribution in [1.82, 2.24) is 4.72 Å². The number of aliphatic hydroxyl groups is 1. The van der Waals surface area contributed by atoms with Crippen LogP contribution in [0.25, 0.3) is 0 Å². The summed E-state index contributed by atoms with van der Waals surface area (Å²) in [5, 5.41) is 9.10. The summed E-state index contributed by atoms with van der Waals surface area (Å²) < 4.78 is 25.7. The van der Waals surface area contributed by atoms with Gasteiger partial charge in [0.1, 0.15) is 0 Å². The van der Waals surface area contributed by atoms with E-state index in [1.807, 2.05) is 0 Å². The maximum absolute atomic E-state index is 11.7. The monoisotopic (exact) mass is 249 g/mol. The van der Waals surface area contributed by atoms with Crippen LogP contribution in [0.5, 0.6) is 0 Å². The van der Waals surface area contributed by atoms with Crippen molar-refractivity contribution in [3.05, 3.63) is 29.3 Å². The van der Waals surface area contributed by atoms with Crippen LogP contribution >= 0.6 is 11.6 Å². The molecule has 0 saturated heterocycles. The molecule has 84 valence electrons. The lowest BCUT2D eigenvalue weighted by Crippen LogP contribution is -2.34. The molecule has 1 unspecified atom stereocenters. The van der Waals surface area contributed by atoms with E-state index in [-0.39, 0.29) is 11.5 Å². The standard InChI is InChI=1S/C9H12ClNO3S/c1-7(6-12)11-15(13,14)9-4-2-3-8(10)5-9/h2-5,7,11-12H,6H2,1H3. The molecular formula is C9H12ClNO3S. The maximum Gasteiger partial charge on any atom is 0.240 e. The minimum atomic E-state index is -3.59. The molecule has 6 heteroatoms. The van der Waals surface area contributed by atoms with Crippen molar-refractivity contribution < 1.29 is 13.5 Å². The molecule has 0 amide bonds. The quantitative estimate of drug-likeness (QED) is 0.837. The predicted molar refractivity (Wildman–Crippen MR) is 58.3 cm³/mol. The summed E-state index contributed by atoms with van der Waals surface area (Å²) in [4.78, 5) is 0.0929. The van der Waals surface area contributed by atoms with Crippen LogP contribution in [-0.2, 0) is 10.0 Å². The number of rotatable bonds is 4. The molecule has 0 spiro atoms. The van der Waals surface area contributed by atoms with Crippen molar-refractivity contribution in [2.75, 3.05) is 6.61 Å². The molecule has 0 aliphatic rings. The Hall–Kier alpha value is -0.620. The van der Waals surface area contributed by atoms with Crippen LogP contribution in [0, 0.1) is 0 Å². The van der Waals surface area contributed by atoms with Crippen molar-refractivity contribution >= 4 is 21.6 Å². The second-order valence-corrected chi connectivity index (χ2v) is 5.31.